The van der Waals surface area contributed by atoms with E-state index in [4.69, 9.17) is 21.7 Å². The van der Waals surface area contributed by atoms with E-state index in [0.29, 0.717) is 17.4 Å². The number of nitrogens with zero attached hydrogens (tertiary/aromatic N) is 1. The second kappa shape index (κ2) is 10.2. The van der Waals surface area contributed by atoms with Gasteiger partial charge in [0.15, 0.2) is 5.11 Å². The van der Waals surface area contributed by atoms with Crippen LogP contribution in [0.25, 0.3) is 0 Å². The van der Waals surface area contributed by atoms with Gasteiger partial charge in [-0.05, 0) is 30.8 Å². The Balaban J connectivity index is 2.75. The summed E-state index contributed by atoms with van der Waals surface area (Å²) in [4.78, 5) is 1.98. The third kappa shape index (κ3) is 5.69. The number of rotatable bonds is 9. The van der Waals surface area contributed by atoms with E-state index in [0.717, 1.165) is 37.2 Å². The minimum atomic E-state index is 0.0771. The first-order chi connectivity index (χ1) is 10.7. The summed E-state index contributed by atoms with van der Waals surface area (Å²) in [6.07, 6.45) is 3.36. The molecule has 0 amide bonds. The second-order valence-corrected chi connectivity index (χ2v) is 5.30. The summed E-state index contributed by atoms with van der Waals surface area (Å²) >= 11 is 5.46. The number of thiocarbonyl (C=S) groups is 1. The average molecular weight is 326 g/mol. The van der Waals surface area contributed by atoms with Gasteiger partial charge in [0.1, 0.15) is 11.5 Å². The molecule has 6 heteroatoms. The average Bonchev–Trinajstić information content (AvgIpc) is 2.54. The fourth-order valence-electron chi connectivity index (χ4n) is 2.08. The Morgan fingerprint density at radius 2 is 2.00 bits per heavy atom. The number of ether oxygens (including phenoxy) is 2. The third-order valence-corrected chi connectivity index (χ3v) is 3.70. The number of methoxy groups -OCH3 is 2. The van der Waals surface area contributed by atoms with Crippen LogP contribution < -0.4 is 14.8 Å². The molecule has 124 valence electrons. The predicted molar refractivity (Wildman–Crippen MR) is 94.0 cm³/mol. The normalized spacial score (nSPS) is 10.2. The number of aliphatic hydroxyl groups excluding tert-OH is 1. The Morgan fingerprint density at radius 1 is 1.23 bits per heavy atom. The van der Waals surface area contributed by atoms with E-state index >= 15 is 0 Å². The van der Waals surface area contributed by atoms with Crippen molar-refractivity contribution in [3.05, 3.63) is 18.2 Å². The van der Waals surface area contributed by atoms with Crippen molar-refractivity contribution in [2.24, 2.45) is 0 Å². The van der Waals surface area contributed by atoms with Gasteiger partial charge in [0, 0.05) is 19.2 Å². The van der Waals surface area contributed by atoms with E-state index in [2.05, 4.69) is 12.2 Å². The summed E-state index contributed by atoms with van der Waals surface area (Å²) in [6, 6.07) is 5.52. The largest absolute Gasteiger partial charge is 0.497 e. The number of hydrogen-bond donors (Lipinski definition) is 2. The van der Waals surface area contributed by atoms with E-state index in [1.807, 2.05) is 17.0 Å². The van der Waals surface area contributed by atoms with E-state index in [1.165, 1.54) is 0 Å². The van der Waals surface area contributed by atoms with Crippen LogP contribution in [0.1, 0.15) is 26.2 Å². The number of nitrogens with one attached hydrogen (secondary N) is 1. The first kappa shape index (κ1) is 18.5. The fourth-order valence-corrected chi connectivity index (χ4v) is 2.38. The molecule has 0 radical (unpaired) electrons. The molecule has 1 aromatic rings. The number of aliphatic hydroxyl groups is 1. The minimum absolute atomic E-state index is 0.0771. The molecule has 0 saturated carbocycles. The Morgan fingerprint density at radius 3 is 2.59 bits per heavy atom. The van der Waals surface area contributed by atoms with Crippen LogP contribution in [-0.2, 0) is 0 Å². The van der Waals surface area contributed by atoms with Crippen LogP contribution in [0.2, 0.25) is 0 Å². The van der Waals surface area contributed by atoms with Crippen molar-refractivity contribution < 1.29 is 14.6 Å². The number of benzene rings is 1. The maximum Gasteiger partial charge on any atom is 0.173 e. The molecule has 0 heterocycles. The first-order valence-corrected chi connectivity index (χ1v) is 7.95. The Kier molecular flexibility index (Phi) is 8.62. The third-order valence-electron chi connectivity index (χ3n) is 3.34. The van der Waals surface area contributed by atoms with Gasteiger partial charge in [-0.1, -0.05) is 19.8 Å². The topological polar surface area (TPSA) is 54.0 Å². The lowest BCUT2D eigenvalue weighted by atomic mass is 10.2. The molecule has 0 aliphatic carbocycles. The van der Waals surface area contributed by atoms with Crippen molar-refractivity contribution in [2.75, 3.05) is 39.2 Å². The van der Waals surface area contributed by atoms with Crippen LogP contribution in [0.3, 0.4) is 0 Å². The van der Waals surface area contributed by atoms with Crippen LogP contribution in [-0.4, -0.2) is 49.0 Å². The van der Waals surface area contributed by atoms with Gasteiger partial charge in [-0.3, -0.25) is 0 Å². The number of anilines is 1. The van der Waals surface area contributed by atoms with Crippen LogP contribution >= 0.6 is 12.2 Å². The molecule has 0 bridgehead atoms. The number of unbranched alkanes of at least 4 members (excludes halogenated alkanes) is 2. The van der Waals surface area contributed by atoms with Gasteiger partial charge in [-0.15, -0.1) is 0 Å². The summed E-state index contributed by atoms with van der Waals surface area (Å²) < 4.78 is 10.5. The molecular formula is C16H26N2O3S. The van der Waals surface area contributed by atoms with Gasteiger partial charge in [-0.2, -0.15) is 0 Å². The highest BCUT2D eigenvalue weighted by atomic mass is 32.1. The molecule has 0 aliphatic rings. The Bertz CT molecular complexity index is 469. The van der Waals surface area contributed by atoms with E-state index in [9.17, 15) is 5.11 Å². The van der Waals surface area contributed by atoms with E-state index in [1.54, 1.807) is 20.3 Å². The number of hydrogen-bond acceptors (Lipinski definition) is 4. The molecule has 2 N–H and O–H groups in total. The highest BCUT2D eigenvalue weighted by molar-refractivity contribution is 7.80. The van der Waals surface area contributed by atoms with Crippen molar-refractivity contribution in [3.8, 4) is 11.5 Å². The Hall–Kier alpha value is -1.53. The van der Waals surface area contributed by atoms with Crippen LogP contribution in [0, 0.1) is 0 Å². The van der Waals surface area contributed by atoms with Gasteiger partial charge < -0.3 is 24.8 Å². The zero-order chi connectivity index (χ0) is 16.4. The van der Waals surface area contributed by atoms with Gasteiger partial charge >= 0.3 is 0 Å². The summed E-state index contributed by atoms with van der Waals surface area (Å²) in [5, 5.41) is 13.0. The van der Waals surface area contributed by atoms with Gasteiger partial charge in [0.05, 0.1) is 26.5 Å². The zero-order valence-corrected chi connectivity index (χ0v) is 14.4. The maximum atomic E-state index is 9.21. The quantitative estimate of drug-likeness (QED) is 0.537. The molecule has 5 nitrogen and oxygen atoms in total. The molecular weight excluding hydrogens is 300 g/mol. The molecule has 0 saturated heterocycles. The molecule has 0 fully saturated rings. The van der Waals surface area contributed by atoms with Crippen molar-refractivity contribution >= 4 is 23.0 Å². The Labute approximate surface area is 138 Å². The van der Waals surface area contributed by atoms with Crippen molar-refractivity contribution in [1.29, 1.82) is 0 Å². The lowest BCUT2D eigenvalue weighted by molar-refractivity contribution is 0.249. The van der Waals surface area contributed by atoms with Crippen molar-refractivity contribution in [1.82, 2.24) is 4.90 Å². The molecule has 0 aromatic heterocycles. The van der Waals surface area contributed by atoms with Crippen molar-refractivity contribution in [3.63, 3.8) is 0 Å². The predicted octanol–water partition coefficient (Wildman–Crippen LogP) is 2.89. The molecule has 1 aromatic carbocycles. The van der Waals surface area contributed by atoms with Crippen molar-refractivity contribution in [2.45, 2.75) is 26.2 Å². The minimum Gasteiger partial charge on any atom is -0.497 e. The zero-order valence-electron chi connectivity index (χ0n) is 13.6. The monoisotopic (exact) mass is 326 g/mol. The summed E-state index contributed by atoms with van der Waals surface area (Å²) in [5.74, 6) is 1.39. The molecule has 0 unspecified atom stereocenters. The maximum absolute atomic E-state index is 9.21. The van der Waals surface area contributed by atoms with Gasteiger partial charge in [-0.25, -0.2) is 0 Å². The molecule has 0 aliphatic heterocycles. The van der Waals surface area contributed by atoms with Crippen LogP contribution in [0.4, 0.5) is 5.69 Å². The SMILES string of the molecule is CCCCCN(CCO)C(=S)Nc1ccc(OC)cc1OC. The van der Waals surface area contributed by atoms with Gasteiger partial charge in [0.2, 0.25) is 0 Å². The fraction of sp³-hybridized carbons (Fsp3) is 0.562. The summed E-state index contributed by atoms with van der Waals surface area (Å²) in [5.41, 5.74) is 0.784. The lowest BCUT2D eigenvalue weighted by Crippen LogP contribution is -2.37. The highest BCUT2D eigenvalue weighted by Crippen LogP contribution is 2.29. The van der Waals surface area contributed by atoms with E-state index in [-0.39, 0.29) is 6.61 Å². The van der Waals surface area contributed by atoms with E-state index < -0.39 is 0 Å². The molecule has 22 heavy (non-hydrogen) atoms. The second-order valence-electron chi connectivity index (χ2n) is 4.91. The van der Waals surface area contributed by atoms with Crippen LogP contribution in [0.15, 0.2) is 18.2 Å². The summed E-state index contributed by atoms with van der Waals surface area (Å²) in [7, 11) is 3.22. The molecule has 0 atom stereocenters. The highest BCUT2D eigenvalue weighted by Gasteiger charge is 2.12. The lowest BCUT2D eigenvalue weighted by Gasteiger charge is -2.25. The standard InChI is InChI=1S/C16H26N2O3S/c1-4-5-6-9-18(10-11-19)16(22)17-14-8-7-13(20-2)12-15(14)21-3/h7-8,12,19H,4-6,9-11H2,1-3H3,(H,17,22). The first-order valence-electron chi connectivity index (χ1n) is 7.55. The smallest absolute Gasteiger partial charge is 0.173 e. The van der Waals surface area contributed by atoms with Crippen LogP contribution in [0.5, 0.6) is 11.5 Å². The molecule has 1 rings (SSSR count). The van der Waals surface area contributed by atoms with Gasteiger partial charge in [0.25, 0.3) is 0 Å². The molecule has 0 spiro atoms. The summed E-state index contributed by atoms with van der Waals surface area (Å²) in [6.45, 7) is 3.59.